The van der Waals surface area contributed by atoms with Gasteiger partial charge in [0.25, 0.3) is 0 Å². The fourth-order valence-corrected chi connectivity index (χ4v) is 4.17. The van der Waals surface area contributed by atoms with E-state index in [0.717, 1.165) is 10.1 Å². The largest absolute Gasteiger partial charge is 0.423 e. The number of carbonyl (C=O) groups excluding carboxylic acids is 1. The average Bonchev–Trinajstić information content (AvgIpc) is 3.33. The molecule has 0 unspecified atom stereocenters. The molecule has 3 heterocycles. The summed E-state index contributed by atoms with van der Waals surface area (Å²) in [5.74, 6) is 2.13. The van der Waals surface area contributed by atoms with Gasteiger partial charge >= 0.3 is 17.6 Å². The third-order valence-electron chi connectivity index (χ3n) is 6.27. The van der Waals surface area contributed by atoms with Crippen LogP contribution in [0.25, 0.3) is 5.65 Å². The van der Waals surface area contributed by atoms with Gasteiger partial charge in [-0.15, -0.1) is 0 Å². The smallest absolute Gasteiger partial charge is 0.349 e. The lowest BCUT2D eigenvalue weighted by atomic mass is 10.0. The van der Waals surface area contributed by atoms with Crippen molar-refractivity contribution >= 4 is 11.6 Å². The molecule has 0 bridgehead atoms. The Morgan fingerprint density at radius 3 is 2.67 bits per heavy atom. The molecule has 1 saturated heterocycles. The molecule has 12 heteroatoms. The van der Waals surface area contributed by atoms with Crippen molar-refractivity contribution in [3.8, 4) is 17.6 Å². The second kappa shape index (κ2) is 10.8. The molecule has 0 amide bonds. The number of fused-ring (bicyclic) bond motifs is 1. The molecule has 0 spiro atoms. The fourth-order valence-electron chi connectivity index (χ4n) is 4.17. The molecular weight excluding hydrogens is 506 g/mol. The molecule has 5 rings (SSSR count). The van der Waals surface area contributed by atoms with Crippen LogP contribution in [0.4, 0.5) is 0 Å². The Morgan fingerprint density at radius 1 is 1.13 bits per heavy atom. The van der Waals surface area contributed by atoms with Crippen molar-refractivity contribution < 1.29 is 29.6 Å². The zero-order valence-electron chi connectivity index (χ0n) is 20.9. The molecule has 4 N–H and O–H groups in total. The maximum atomic E-state index is 12.9. The van der Waals surface area contributed by atoms with Gasteiger partial charge in [0.1, 0.15) is 5.75 Å². The number of esters is 1. The number of ether oxygens (including phenoxy) is 2. The van der Waals surface area contributed by atoms with E-state index in [1.807, 2.05) is 6.92 Å². The van der Waals surface area contributed by atoms with Gasteiger partial charge in [0.2, 0.25) is 0 Å². The molecule has 0 radical (unpaired) electrons. The van der Waals surface area contributed by atoms with Gasteiger partial charge in [0.05, 0.1) is 36.9 Å². The van der Waals surface area contributed by atoms with Gasteiger partial charge in [-0.3, -0.25) is 9.88 Å². The van der Waals surface area contributed by atoms with Crippen molar-refractivity contribution in [2.75, 3.05) is 26.3 Å². The molecule has 12 nitrogen and oxygen atoms in total. The standard InChI is InChI=1S/C27H25N5O7/c1-17-2-3-19(12-18(17)4-5-20-14-30-32-24(20)28-16-29-26(32)34)25(33)39-22-7-6-21(23(13-22)27(35,36)37)15-31-8-10-38-11-9-31/h2-3,6-7,12-14,16,35-37H,8-11,15H2,1H3,(H,28,29,34). The summed E-state index contributed by atoms with van der Waals surface area (Å²) in [6.07, 6.45) is 2.70. The number of morpholine rings is 1. The van der Waals surface area contributed by atoms with Crippen molar-refractivity contribution in [2.24, 2.45) is 0 Å². The van der Waals surface area contributed by atoms with Gasteiger partial charge in [-0.2, -0.15) is 9.61 Å². The van der Waals surface area contributed by atoms with Gasteiger partial charge in [-0.25, -0.2) is 14.6 Å². The van der Waals surface area contributed by atoms with Crippen molar-refractivity contribution in [1.82, 2.24) is 24.5 Å². The van der Waals surface area contributed by atoms with E-state index < -0.39 is 17.6 Å². The van der Waals surface area contributed by atoms with Crippen LogP contribution in [0.5, 0.6) is 5.75 Å². The number of aryl methyl sites for hydroxylation is 1. The Bertz CT molecular complexity index is 1650. The average molecular weight is 532 g/mol. The van der Waals surface area contributed by atoms with Crippen LogP contribution in [0.15, 0.2) is 53.7 Å². The molecule has 4 aromatic rings. The quantitative estimate of drug-likeness (QED) is 0.122. The zero-order chi connectivity index (χ0) is 27.6. The summed E-state index contributed by atoms with van der Waals surface area (Å²) < 4.78 is 11.9. The monoisotopic (exact) mass is 531 g/mol. The highest BCUT2D eigenvalue weighted by molar-refractivity contribution is 5.91. The predicted molar refractivity (Wildman–Crippen MR) is 137 cm³/mol. The van der Waals surface area contributed by atoms with Crippen LogP contribution < -0.4 is 10.4 Å². The fraction of sp³-hybridized carbons (Fsp3) is 0.259. The molecule has 1 aliphatic rings. The molecule has 0 atom stereocenters. The van der Waals surface area contributed by atoms with Crippen molar-refractivity contribution in [3.05, 3.63) is 92.8 Å². The van der Waals surface area contributed by atoms with Crippen molar-refractivity contribution in [1.29, 1.82) is 0 Å². The summed E-state index contributed by atoms with van der Waals surface area (Å²) in [6, 6.07) is 9.20. The van der Waals surface area contributed by atoms with E-state index in [-0.39, 0.29) is 16.9 Å². The van der Waals surface area contributed by atoms with Crippen LogP contribution in [-0.2, 0) is 17.3 Å². The summed E-state index contributed by atoms with van der Waals surface area (Å²) in [4.78, 5) is 33.4. The van der Waals surface area contributed by atoms with Crippen LogP contribution in [-0.4, -0.2) is 72.1 Å². The minimum Gasteiger partial charge on any atom is -0.423 e. The Morgan fingerprint density at radius 2 is 1.90 bits per heavy atom. The minimum atomic E-state index is -3.12. The van der Waals surface area contributed by atoms with Crippen LogP contribution in [0.2, 0.25) is 0 Å². The van der Waals surface area contributed by atoms with Crippen LogP contribution in [0, 0.1) is 18.8 Å². The van der Waals surface area contributed by atoms with Crippen LogP contribution in [0.3, 0.4) is 0 Å². The molecule has 39 heavy (non-hydrogen) atoms. The molecule has 2 aromatic heterocycles. The highest BCUT2D eigenvalue weighted by Gasteiger charge is 2.28. The highest BCUT2D eigenvalue weighted by Crippen LogP contribution is 2.27. The van der Waals surface area contributed by atoms with E-state index >= 15 is 0 Å². The first-order valence-corrected chi connectivity index (χ1v) is 12.1. The molecular formula is C27H25N5O7. The van der Waals surface area contributed by atoms with Gasteiger partial charge in [-0.1, -0.05) is 24.0 Å². The van der Waals surface area contributed by atoms with E-state index in [4.69, 9.17) is 9.47 Å². The molecule has 200 valence electrons. The van der Waals surface area contributed by atoms with Crippen molar-refractivity contribution in [3.63, 3.8) is 0 Å². The zero-order valence-corrected chi connectivity index (χ0v) is 20.9. The summed E-state index contributed by atoms with van der Waals surface area (Å²) in [6.45, 7) is 4.64. The third-order valence-corrected chi connectivity index (χ3v) is 6.27. The van der Waals surface area contributed by atoms with Crippen LogP contribution >= 0.6 is 0 Å². The number of nitrogens with zero attached hydrogens (tertiary/aromatic N) is 4. The van der Waals surface area contributed by atoms with Gasteiger partial charge in [0, 0.05) is 30.8 Å². The third kappa shape index (κ3) is 5.88. The Hall–Kier alpha value is -4.38. The number of benzene rings is 2. The number of H-pyrrole nitrogens is 1. The van der Waals surface area contributed by atoms with E-state index in [0.29, 0.717) is 55.2 Å². The Balaban J connectivity index is 1.37. The second-order valence-corrected chi connectivity index (χ2v) is 9.01. The second-order valence-electron chi connectivity index (χ2n) is 9.01. The normalized spacial score (nSPS) is 14.2. The van der Waals surface area contributed by atoms with Gasteiger partial charge in [-0.05, 0) is 42.3 Å². The summed E-state index contributed by atoms with van der Waals surface area (Å²) in [5, 5.41) is 33.8. The van der Waals surface area contributed by atoms with Gasteiger partial charge < -0.3 is 24.8 Å². The molecule has 2 aromatic carbocycles. The number of rotatable bonds is 5. The minimum absolute atomic E-state index is 0.0260. The lowest BCUT2D eigenvalue weighted by molar-refractivity contribution is -0.324. The maximum Gasteiger partial charge on any atom is 0.349 e. The van der Waals surface area contributed by atoms with Gasteiger partial charge in [0.15, 0.2) is 5.65 Å². The number of hydrogen-bond acceptors (Lipinski definition) is 10. The number of aromatic amines is 1. The number of aromatic nitrogens is 4. The molecule has 0 saturated carbocycles. The SMILES string of the molecule is Cc1ccc(C(=O)Oc2ccc(CN3CCOCC3)c(C(O)(O)O)c2)cc1C#Cc1cnn2c(=O)[nH]cnc12. The molecule has 1 fully saturated rings. The number of hydrogen-bond donors (Lipinski definition) is 4. The van der Waals surface area contributed by atoms with E-state index in [1.165, 1.54) is 24.7 Å². The molecule has 0 aliphatic carbocycles. The number of nitrogens with one attached hydrogen (secondary N) is 1. The van der Waals surface area contributed by atoms with E-state index in [1.54, 1.807) is 24.3 Å². The number of carbonyl (C=O) groups is 1. The van der Waals surface area contributed by atoms with E-state index in [9.17, 15) is 24.9 Å². The van der Waals surface area contributed by atoms with Crippen molar-refractivity contribution in [2.45, 2.75) is 19.4 Å². The predicted octanol–water partition coefficient (Wildman–Crippen LogP) is 0.264. The van der Waals surface area contributed by atoms with Crippen LogP contribution in [0.1, 0.15) is 38.2 Å². The lowest BCUT2D eigenvalue weighted by Gasteiger charge is -2.28. The highest BCUT2D eigenvalue weighted by atomic mass is 16.7. The Labute approximate surface area is 222 Å². The lowest BCUT2D eigenvalue weighted by Crippen LogP contribution is -2.37. The Kier molecular flexibility index (Phi) is 7.25. The topological polar surface area (TPSA) is 163 Å². The first-order chi connectivity index (χ1) is 18.7. The summed E-state index contributed by atoms with van der Waals surface area (Å²) in [5.41, 5.74) is 2.17. The number of aliphatic hydroxyl groups is 3. The first-order valence-electron chi connectivity index (χ1n) is 12.1. The summed E-state index contributed by atoms with van der Waals surface area (Å²) >= 11 is 0. The first kappa shape index (κ1) is 26.2. The summed E-state index contributed by atoms with van der Waals surface area (Å²) in [7, 11) is 0. The van der Waals surface area contributed by atoms with E-state index in [2.05, 4.69) is 31.8 Å². The maximum absolute atomic E-state index is 12.9. The molecule has 1 aliphatic heterocycles.